The van der Waals surface area contributed by atoms with Crippen LogP contribution in [0, 0.1) is 11.8 Å². The Labute approximate surface area is 81.2 Å². The molecule has 0 radical (unpaired) electrons. The molecule has 1 N–H and O–H groups in total. The van der Waals surface area contributed by atoms with Gasteiger partial charge < -0.3 is 9.78 Å². The van der Waals surface area contributed by atoms with Crippen molar-refractivity contribution < 1.29 is 4.79 Å². The molecule has 0 atom stereocenters. The van der Waals surface area contributed by atoms with Crippen molar-refractivity contribution in [1.29, 1.82) is 0 Å². The Kier molecular flexibility index (Phi) is 2.28. The first-order valence-corrected chi connectivity index (χ1v) is 4.26. The van der Waals surface area contributed by atoms with E-state index in [9.17, 15) is 4.79 Å². The van der Waals surface area contributed by atoms with E-state index in [1.165, 1.54) is 0 Å². The van der Waals surface area contributed by atoms with Gasteiger partial charge in [0.25, 0.3) is 0 Å². The quantitative estimate of drug-likeness (QED) is 0.539. The van der Waals surface area contributed by atoms with E-state index in [0.29, 0.717) is 0 Å². The van der Waals surface area contributed by atoms with Crippen molar-refractivity contribution in [3.63, 3.8) is 0 Å². The first kappa shape index (κ1) is 8.52. The number of rotatable bonds is 1. The number of hydrogen-bond acceptors (Lipinski definition) is 2. The summed E-state index contributed by atoms with van der Waals surface area (Å²) in [7, 11) is 0. The number of nitrogens with one attached hydrogen (secondary N) is 1. The van der Waals surface area contributed by atoms with Gasteiger partial charge >= 0.3 is 0 Å². The highest BCUT2D eigenvalue weighted by molar-refractivity contribution is 5.76. The normalized spacial score (nSPS) is 9.43. The Morgan fingerprint density at radius 3 is 3.36 bits per heavy atom. The number of aromatic amines is 1. The van der Waals surface area contributed by atoms with Crippen molar-refractivity contribution in [3.8, 4) is 11.8 Å². The summed E-state index contributed by atoms with van der Waals surface area (Å²) in [4.78, 5) is 17.2. The molecule has 0 aliphatic rings. The van der Waals surface area contributed by atoms with E-state index in [1.54, 1.807) is 6.20 Å². The lowest BCUT2D eigenvalue weighted by Crippen LogP contribution is -1.79. The molecule has 2 aromatic rings. The van der Waals surface area contributed by atoms with Crippen LogP contribution < -0.4 is 0 Å². The van der Waals surface area contributed by atoms with Crippen LogP contribution in [0.1, 0.15) is 12.0 Å². The predicted molar refractivity (Wildman–Crippen MR) is 53.7 cm³/mol. The molecule has 0 aromatic carbocycles. The number of carbonyl (C=O) groups excluding carboxylic acids is 1. The molecule has 3 nitrogen and oxygen atoms in total. The number of pyridine rings is 1. The number of aromatic nitrogens is 2. The summed E-state index contributed by atoms with van der Waals surface area (Å²) in [6.45, 7) is 0. The van der Waals surface area contributed by atoms with Crippen molar-refractivity contribution in [1.82, 2.24) is 9.97 Å². The Balaban J connectivity index is 2.35. The summed E-state index contributed by atoms with van der Waals surface area (Å²) < 4.78 is 0. The SMILES string of the molecule is O=CCC#Cc1cnc2[nH]ccc2c1. The number of aldehydes is 1. The van der Waals surface area contributed by atoms with Gasteiger partial charge in [0.15, 0.2) is 0 Å². The van der Waals surface area contributed by atoms with Crippen molar-refractivity contribution in [2.24, 2.45) is 0 Å². The largest absolute Gasteiger partial charge is 0.346 e. The maximum atomic E-state index is 10.0. The number of nitrogens with zero attached hydrogens (tertiary/aromatic N) is 1. The number of hydrogen-bond donors (Lipinski definition) is 1. The van der Waals surface area contributed by atoms with Crippen LogP contribution in [0.3, 0.4) is 0 Å². The lowest BCUT2D eigenvalue weighted by molar-refractivity contribution is -0.107. The summed E-state index contributed by atoms with van der Waals surface area (Å²) in [5.41, 5.74) is 1.69. The van der Waals surface area contributed by atoms with Gasteiger partial charge in [0.05, 0.1) is 6.42 Å². The molecular weight excluding hydrogens is 176 g/mol. The zero-order chi connectivity index (χ0) is 9.80. The van der Waals surface area contributed by atoms with Crippen LogP contribution in [0.2, 0.25) is 0 Å². The van der Waals surface area contributed by atoms with E-state index < -0.39 is 0 Å². The molecule has 14 heavy (non-hydrogen) atoms. The van der Waals surface area contributed by atoms with E-state index in [2.05, 4.69) is 21.8 Å². The molecule has 68 valence electrons. The molecule has 0 unspecified atom stereocenters. The number of carbonyl (C=O) groups is 1. The van der Waals surface area contributed by atoms with Gasteiger partial charge in [-0.3, -0.25) is 0 Å². The van der Waals surface area contributed by atoms with Gasteiger partial charge in [-0.2, -0.15) is 0 Å². The fourth-order valence-electron chi connectivity index (χ4n) is 1.20. The van der Waals surface area contributed by atoms with Crippen LogP contribution in [0.15, 0.2) is 24.5 Å². The Morgan fingerprint density at radius 1 is 1.57 bits per heavy atom. The minimum absolute atomic E-state index is 0.269. The van der Waals surface area contributed by atoms with Crippen LogP contribution in [0.4, 0.5) is 0 Å². The standard InChI is InChI=1S/C11H8N2O/c14-6-2-1-3-9-7-10-4-5-12-11(10)13-8-9/h4-8H,2H2,(H,12,13). The average Bonchev–Trinajstić information content (AvgIpc) is 2.65. The zero-order valence-corrected chi connectivity index (χ0v) is 7.45. The summed E-state index contributed by atoms with van der Waals surface area (Å²) in [5, 5.41) is 1.03. The third-order valence-corrected chi connectivity index (χ3v) is 1.82. The van der Waals surface area contributed by atoms with Gasteiger partial charge in [0.1, 0.15) is 11.9 Å². The molecule has 0 saturated heterocycles. The van der Waals surface area contributed by atoms with E-state index >= 15 is 0 Å². The van der Waals surface area contributed by atoms with Crippen LogP contribution in [-0.2, 0) is 4.79 Å². The third-order valence-electron chi connectivity index (χ3n) is 1.82. The molecule has 0 saturated carbocycles. The summed E-state index contributed by atoms with van der Waals surface area (Å²) in [6.07, 6.45) is 4.58. The summed E-state index contributed by atoms with van der Waals surface area (Å²) >= 11 is 0. The monoisotopic (exact) mass is 184 g/mol. The number of H-pyrrole nitrogens is 1. The first-order valence-electron chi connectivity index (χ1n) is 4.26. The molecule has 2 heterocycles. The fraction of sp³-hybridized carbons (Fsp3) is 0.0909. The second kappa shape index (κ2) is 3.75. The minimum atomic E-state index is 0.269. The molecule has 2 rings (SSSR count). The van der Waals surface area contributed by atoms with Gasteiger partial charge in [0, 0.05) is 23.3 Å². The zero-order valence-electron chi connectivity index (χ0n) is 7.45. The molecule has 0 aliphatic heterocycles. The van der Waals surface area contributed by atoms with E-state index in [-0.39, 0.29) is 6.42 Å². The molecular formula is C11H8N2O. The van der Waals surface area contributed by atoms with Crippen molar-refractivity contribution in [2.75, 3.05) is 0 Å². The average molecular weight is 184 g/mol. The Morgan fingerprint density at radius 2 is 2.50 bits per heavy atom. The first-order chi connectivity index (χ1) is 6.90. The van der Waals surface area contributed by atoms with Gasteiger partial charge in [0.2, 0.25) is 0 Å². The second-order valence-corrected chi connectivity index (χ2v) is 2.81. The van der Waals surface area contributed by atoms with E-state index in [1.807, 2.05) is 18.3 Å². The molecule has 3 heteroatoms. The van der Waals surface area contributed by atoms with Gasteiger partial charge in [-0.25, -0.2) is 4.98 Å². The van der Waals surface area contributed by atoms with Gasteiger partial charge in [-0.15, -0.1) is 0 Å². The van der Waals surface area contributed by atoms with E-state index in [4.69, 9.17) is 0 Å². The highest BCUT2D eigenvalue weighted by atomic mass is 16.1. The second-order valence-electron chi connectivity index (χ2n) is 2.81. The molecule has 0 aliphatic carbocycles. The topological polar surface area (TPSA) is 45.8 Å². The molecule has 0 amide bonds. The lowest BCUT2D eigenvalue weighted by Gasteiger charge is -1.90. The van der Waals surface area contributed by atoms with Crippen LogP contribution in [-0.4, -0.2) is 16.3 Å². The van der Waals surface area contributed by atoms with Crippen molar-refractivity contribution in [3.05, 3.63) is 30.1 Å². The van der Waals surface area contributed by atoms with Crippen molar-refractivity contribution in [2.45, 2.75) is 6.42 Å². The van der Waals surface area contributed by atoms with E-state index in [0.717, 1.165) is 22.9 Å². The minimum Gasteiger partial charge on any atom is -0.346 e. The molecule has 0 bridgehead atoms. The summed E-state index contributed by atoms with van der Waals surface area (Å²) in [6, 6.07) is 3.88. The molecule has 0 fully saturated rings. The molecule has 2 aromatic heterocycles. The third kappa shape index (κ3) is 1.64. The van der Waals surface area contributed by atoms with Crippen molar-refractivity contribution >= 4 is 17.3 Å². The fourth-order valence-corrected chi connectivity index (χ4v) is 1.20. The highest BCUT2D eigenvalue weighted by Gasteiger charge is 1.94. The van der Waals surface area contributed by atoms with Gasteiger partial charge in [-0.1, -0.05) is 11.8 Å². The van der Waals surface area contributed by atoms with Gasteiger partial charge in [-0.05, 0) is 12.1 Å². The lowest BCUT2D eigenvalue weighted by atomic mass is 10.2. The van der Waals surface area contributed by atoms with Crippen LogP contribution >= 0.6 is 0 Å². The smallest absolute Gasteiger partial charge is 0.137 e. The Bertz CT molecular complexity index is 517. The summed E-state index contributed by atoms with van der Waals surface area (Å²) in [5.74, 6) is 5.61. The maximum Gasteiger partial charge on any atom is 0.137 e. The predicted octanol–water partition coefficient (Wildman–Crippen LogP) is 1.50. The molecule has 0 spiro atoms. The Hall–Kier alpha value is -2.08. The highest BCUT2D eigenvalue weighted by Crippen LogP contribution is 2.10. The van der Waals surface area contributed by atoms with Crippen LogP contribution in [0.5, 0.6) is 0 Å². The maximum absolute atomic E-state index is 10.0. The van der Waals surface area contributed by atoms with Crippen LogP contribution in [0.25, 0.3) is 11.0 Å². The number of fused-ring (bicyclic) bond motifs is 1.